The zero-order valence-electron chi connectivity index (χ0n) is 10.6. The van der Waals surface area contributed by atoms with Gasteiger partial charge in [-0.15, -0.1) is 0 Å². The number of aromatic amines is 1. The predicted molar refractivity (Wildman–Crippen MR) is 68.4 cm³/mol. The van der Waals surface area contributed by atoms with Crippen molar-refractivity contribution in [3.63, 3.8) is 0 Å². The minimum Gasteiger partial charge on any atom is -0.361 e. The van der Waals surface area contributed by atoms with Crippen LogP contribution in [-0.4, -0.2) is 34.6 Å². The molecule has 106 valence electrons. The number of alkyl halides is 3. The van der Waals surface area contributed by atoms with Crippen molar-refractivity contribution in [1.82, 2.24) is 9.88 Å². The number of aromatic nitrogens is 1. The van der Waals surface area contributed by atoms with E-state index in [1.807, 2.05) is 6.07 Å². The average molecular weight is 282 g/mol. The van der Waals surface area contributed by atoms with E-state index in [0.29, 0.717) is 23.9 Å². The molecule has 1 aliphatic carbocycles. The molecule has 1 heterocycles. The number of carbonyl (C=O) groups is 1. The van der Waals surface area contributed by atoms with Gasteiger partial charge in [-0.05, 0) is 25.0 Å². The number of rotatable bonds is 3. The molecule has 0 unspecified atom stereocenters. The number of halogens is 3. The second kappa shape index (κ2) is 4.54. The third kappa shape index (κ3) is 2.50. The number of nitrogens with one attached hydrogen (secondary N) is 1. The molecule has 0 aliphatic heterocycles. The molecule has 1 saturated carbocycles. The van der Waals surface area contributed by atoms with Crippen molar-refractivity contribution < 1.29 is 18.0 Å². The van der Waals surface area contributed by atoms with Gasteiger partial charge in [0.15, 0.2) is 0 Å². The maximum absolute atomic E-state index is 12.6. The van der Waals surface area contributed by atoms with Gasteiger partial charge in [0.25, 0.3) is 5.91 Å². The van der Waals surface area contributed by atoms with Crippen molar-refractivity contribution in [2.24, 2.45) is 0 Å². The quantitative estimate of drug-likeness (QED) is 0.921. The van der Waals surface area contributed by atoms with Gasteiger partial charge in [0.05, 0.1) is 11.1 Å². The molecular formula is C14H13F3N2O. The first kappa shape index (κ1) is 13.0. The van der Waals surface area contributed by atoms with Gasteiger partial charge in [-0.3, -0.25) is 4.79 Å². The number of hydrogen-bond donors (Lipinski definition) is 1. The van der Waals surface area contributed by atoms with E-state index in [0.717, 1.165) is 10.3 Å². The van der Waals surface area contributed by atoms with Crippen molar-refractivity contribution in [3.05, 3.63) is 36.0 Å². The second-order valence-electron chi connectivity index (χ2n) is 5.03. The number of para-hydroxylation sites is 1. The summed E-state index contributed by atoms with van der Waals surface area (Å²) in [6, 6.07) is 6.56. The number of amides is 1. The Kier molecular flexibility index (Phi) is 2.96. The Labute approximate surface area is 113 Å². The first-order valence-corrected chi connectivity index (χ1v) is 6.39. The second-order valence-corrected chi connectivity index (χ2v) is 5.03. The summed E-state index contributed by atoms with van der Waals surface area (Å²) in [5, 5.41) is 0.818. The van der Waals surface area contributed by atoms with Crippen LogP contribution in [0.5, 0.6) is 0 Å². The minimum atomic E-state index is -4.37. The molecule has 1 aromatic carbocycles. The van der Waals surface area contributed by atoms with Crippen LogP contribution >= 0.6 is 0 Å². The summed E-state index contributed by atoms with van der Waals surface area (Å²) < 4.78 is 37.9. The number of benzene rings is 1. The highest BCUT2D eigenvalue weighted by molar-refractivity contribution is 6.05. The van der Waals surface area contributed by atoms with E-state index in [4.69, 9.17) is 0 Å². The van der Waals surface area contributed by atoms with E-state index in [9.17, 15) is 18.0 Å². The smallest absolute Gasteiger partial charge is 0.361 e. The number of carbonyl (C=O) groups excluding carboxylic acids is 1. The summed E-state index contributed by atoms with van der Waals surface area (Å²) in [4.78, 5) is 16.3. The Balaban J connectivity index is 1.95. The van der Waals surface area contributed by atoms with Gasteiger partial charge in [-0.25, -0.2) is 0 Å². The van der Waals surface area contributed by atoms with Crippen LogP contribution in [0.15, 0.2) is 30.5 Å². The molecule has 6 heteroatoms. The number of hydrogen-bond acceptors (Lipinski definition) is 1. The maximum atomic E-state index is 12.6. The summed E-state index contributed by atoms with van der Waals surface area (Å²) >= 11 is 0. The number of fused-ring (bicyclic) bond motifs is 1. The fraction of sp³-hybridized carbons (Fsp3) is 0.357. The molecule has 0 atom stereocenters. The van der Waals surface area contributed by atoms with Gasteiger partial charge in [-0.2, -0.15) is 13.2 Å². The molecule has 0 radical (unpaired) electrons. The van der Waals surface area contributed by atoms with E-state index in [1.165, 1.54) is 0 Å². The fourth-order valence-electron chi connectivity index (χ4n) is 2.36. The van der Waals surface area contributed by atoms with Crippen LogP contribution in [0.1, 0.15) is 23.2 Å². The standard InChI is InChI=1S/C14H13F3N2O/c15-14(16,17)8-19(10-4-5-10)13(20)11-3-1-2-9-6-7-18-12(9)11/h1-3,6-7,10,18H,4-5,8H2. The van der Waals surface area contributed by atoms with Crippen LogP contribution < -0.4 is 0 Å². The van der Waals surface area contributed by atoms with Crippen molar-refractivity contribution >= 4 is 16.8 Å². The first-order valence-electron chi connectivity index (χ1n) is 6.39. The molecule has 3 nitrogen and oxygen atoms in total. The molecule has 1 N–H and O–H groups in total. The lowest BCUT2D eigenvalue weighted by atomic mass is 10.1. The van der Waals surface area contributed by atoms with Crippen LogP contribution in [-0.2, 0) is 0 Å². The summed E-state index contributed by atoms with van der Waals surface area (Å²) in [6.45, 7) is -1.19. The van der Waals surface area contributed by atoms with E-state index < -0.39 is 18.6 Å². The molecular weight excluding hydrogens is 269 g/mol. The molecule has 3 rings (SSSR count). The fourth-order valence-corrected chi connectivity index (χ4v) is 2.36. The molecule has 0 saturated heterocycles. The number of nitrogens with zero attached hydrogens (tertiary/aromatic N) is 1. The van der Waals surface area contributed by atoms with Gasteiger partial charge in [-0.1, -0.05) is 12.1 Å². The monoisotopic (exact) mass is 282 g/mol. The Morgan fingerprint density at radius 2 is 2.05 bits per heavy atom. The summed E-state index contributed by atoms with van der Waals surface area (Å²) in [5.41, 5.74) is 0.883. The van der Waals surface area contributed by atoms with Crippen LogP contribution in [0.2, 0.25) is 0 Å². The average Bonchev–Trinajstić information content (AvgIpc) is 3.10. The molecule has 1 amide bonds. The van der Waals surface area contributed by atoms with Gasteiger partial charge < -0.3 is 9.88 Å². The lowest BCUT2D eigenvalue weighted by molar-refractivity contribution is -0.141. The zero-order valence-corrected chi connectivity index (χ0v) is 10.6. The normalized spacial score (nSPS) is 15.6. The van der Waals surface area contributed by atoms with Gasteiger partial charge in [0, 0.05) is 17.6 Å². The van der Waals surface area contributed by atoms with E-state index in [1.54, 1.807) is 24.4 Å². The summed E-state index contributed by atoms with van der Waals surface area (Å²) in [5.74, 6) is -0.558. The van der Waals surface area contributed by atoms with Crippen LogP contribution in [0, 0.1) is 0 Å². The van der Waals surface area contributed by atoms with Crippen molar-refractivity contribution in [2.75, 3.05) is 6.54 Å². The van der Waals surface area contributed by atoms with Crippen molar-refractivity contribution in [3.8, 4) is 0 Å². The Morgan fingerprint density at radius 1 is 1.30 bits per heavy atom. The van der Waals surface area contributed by atoms with Crippen molar-refractivity contribution in [1.29, 1.82) is 0 Å². The lowest BCUT2D eigenvalue weighted by Crippen LogP contribution is -2.40. The maximum Gasteiger partial charge on any atom is 0.406 e. The molecule has 0 spiro atoms. The Hall–Kier alpha value is -1.98. The highest BCUT2D eigenvalue weighted by Crippen LogP contribution is 2.32. The van der Waals surface area contributed by atoms with E-state index >= 15 is 0 Å². The van der Waals surface area contributed by atoms with E-state index in [2.05, 4.69) is 4.98 Å². The molecule has 0 bridgehead atoms. The molecule has 1 aliphatic rings. The SMILES string of the molecule is O=C(c1cccc2cc[nH]c12)N(CC(F)(F)F)C1CC1. The Morgan fingerprint density at radius 3 is 2.70 bits per heavy atom. The molecule has 1 aromatic heterocycles. The first-order chi connectivity index (χ1) is 9.46. The van der Waals surface area contributed by atoms with Gasteiger partial charge in [0.1, 0.15) is 6.54 Å². The van der Waals surface area contributed by atoms with Crippen molar-refractivity contribution in [2.45, 2.75) is 25.1 Å². The Bertz CT molecular complexity index is 643. The number of H-pyrrole nitrogens is 1. The zero-order chi connectivity index (χ0) is 14.3. The van der Waals surface area contributed by atoms with Crippen LogP contribution in [0.3, 0.4) is 0 Å². The van der Waals surface area contributed by atoms with Gasteiger partial charge >= 0.3 is 6.18 Å². The predicted octanol–water partition coefficient (Wildman–Crippen LogP) is 3.33. The van der Waals surface area contributed by atoms with Crippen LogP contribution in [0.4, 0.5) is 13.2 Å². The summed E-state index contributed by atoms with van der Waals surface area (Å²) in [6.07, 6.45) is -1.42. The highest BCUT2D eigenvalue weighted by Gasteiger charge is 2.41. The molecule has 1 fully saturated rings. The highest BCUT2D eigenvalue weighted by atomic mass is 19.4. The summed E-state index contributed by atoms with van der Waals surface area (Å²) in [7, 11) is 0. The largest absolute Gasteiger partial charge is 0.406 e. The minimum absolute atomic E-state index is 0.283. The third-order valence-electron chi connectivity index (χ3n) is 3.42. The van der Waals surface area contributed by atoms with E-state index in [-0.39, 0.29) is 6.04 Å². The third-order valence-corrected chi connectivity index (χ3v) is 3.42. The van der Waals surface area contributed by atoms with Gasteiger partial charge in [0.2, 0.25) is 0 Å². The molecule has 20 heavy (non-hydrogen) atoms. The lowest BCUT2D eigenvalue weighted by Gasteiger charge is -2.24. The van der Waals surface area contributed by atoms with Crippen LogP contribution in [0.25, 0.3) is 10.9 Å². The molecule has 2 aromatic rings. The topological polar surface area (TPSA) is 36.1 Å².